The normalized spacial score (nSPS) is 15.2. The standard InChI is InChI=1S/C26H19Cl2F6N5O/c27-17-4-1-16(19(28)11-17)14-37-7-9-38(10-8-37)24(40)21-13-23-35-20(15-2-5-18(29)6-3-15)12-22(39(23)36-21)25(30,31)26(32,33)34/h1-6,11-13H,7-10,14H2. The van der Waals surface area contributed by atoms with Crippen LogP contribution >= 0.6 is 23.2 Å². The molecule has 3 heterocycles. The van der Waals surface area contributed by atoms with Gasteiger partial charge in [-0.3, -0.25) is 9.69 Å². The van der Waals surface area contributed by atoms with Gasteiger partial charge in [-0.15, -0.1) is 0 Å². The molecule has 1 fully saturated rings. The molecule has 0 atom stereocenters. The predicted molar refractivity (Wildman–Crippen MR) is 136 cm³/mol. The first kappa shape index (κ1) is 28.2. The summed E-state index contributed by atoms with van der Waals surface area (Å²) in [6.07, 6.45) is -5.94. The largest absolute Gasteiger partial charge is 0.459 e. The van der Waals surface area contributed by atoms with E-state index in [9.17, 15) is 31.1 Å². The molecule has 210 valence electrons. The number of aromatic nitrogens is 3. The molecule has 1 aliphatic rings. The molecule has 4 aromatic rings. The molecule has 0 bridgehead atoms. The van der Waals surface area contributed by atoms with Crippen LogP contribution in [0.5, 0.6) is 0 Å². The van der Waals surface area contributed by atoms with Crippen LogP contribution in [0.4, 0.5) is 26.3 Å². The highest BCUT2D eigenvalue weighted by molar-refractivity contribution is 6.35. The van der Waals surface area contributed by atoms with E-state index < -0.39 is 29.5 Å². The van der Waals surface area contributed by atoms with Crippen molar-refractivity contribution in [3.8, 4) is 11.3 Å². The minimum Gasteiger partial charge on any atom is -0.335 e. The van der Waals surface area contributed by atoms with Crippen molar-refractivity contribution in [2.24, 2.45) is 0 Å². The summed E-state index contributed by atoms with van der Waals surface area (Å²) in [5.41, 5.74) is -1.55. The van der Waals surface area contributed by atoms with E-state index in [0.717, 1.165) is 23.8 Å². The van der Waals surface area contributed by atoms with Gasteiger partial charge in [0.05, 0.1) is 5.69 Å². The van der Waals surface area contributed by atoms with E-state index in [1.165, 1.54) is 17.0 Å². The SMILES string of the molecule is O=C(c1cc2nc(-c3ccc(F)cc3)cc(C(F)(F)C(F)(F)F)n2n1)N1CCN(Cc2ccc(Cl)cc2Cl)CC1. The van der Waals surface area contributed by atoms with E-state index in [1.54, 1.807) is 18.2 Å². The third-order valence-electron chi connectivity index (χ3n) is 6.53. The Morgan fingerprint density at radius 2 is 1.57 bits per heavy atom. The number of fused-ring (bicyclic) bond motifs is 1. The van der Waals surface area contributed by atoms with Crippen LogP contribution in [0.15, 0.2) is 54.6 Å². The molecule has 0 N–H and O–H groups in total. The Labute approximate surface area is 233 Å². The quantitative estimate of drug-likeness (QED) is 0.247. The fraction of sp³-hybridized carbons (Fsp3) is 0.269. The van der Waals surface area contributed by atoms with Crippen LogP contribution in [0.3, 0.4) is 0 Å². The molecule has 0 unspecified atom stereocenters. The van der Waals surface area contributed by atoms with Crippen molar-refractivity contribution < 1.29 is 31.1 Å². The van der Waals surface area contributed by atoms with Crippen LogP contribution in [0, 0.1) is 5.82 Å². The highest BCUT2D eigenvalue weighted by Gasteiger charge is 2.60. The molecule has 5 rings (SSSR count). The Balaban J connectivity index is 1.42. The number of rotatable bonds is 5. The molecule has 1 amide bonds. The number of amides is 1. The van der Waals surface area contributed by atoms with Gasteiger partial charge in [-0.05, 0) is 48.0 Å². The molecule has 0 aliphatic carbocycles. The summed E-state index contributed by atoms with van der Waals surface area (Å²) >= 11 is 12.2. The highest BCUT2D eigenvalue weighted by Crippen LogP contribution is 2.44. The number of nitrogens with zero attached hydrogens (tertiary/aromatic N) is 5. The number of hydrogen-bond acceptors (Lipinski definition) is 4. The topological polar surface area (TPSA) is 53.7 Å². The van der Waals surface area contributed by atoms with Crippen LogP contribution < -0.4 is 0 Å². The zero-order valence-electron chi connectivity index (χ0n) is 20.4. The Morgan fingerprint density at radius 3 is 2.20 bits per heavy atom. The lowest BCUT2D eigenvalue weighted by atomic mass is 10.1. The molecule has 6 nitrogen and oxygen atoms in total. The van der Waals surface area contributed by atoms with Gasteiger partial charge in [0.25, 0.3) is 5.91 Å². The summed E-state index contributed by atoms with van der Waals surface area (Å²) in [7, 11) is 0. The monoisotopic (exact) mass is 601 g/mol. The second-order valence-electron chi connectivity index (χ2n) is 9.21. The van der Waals surface area contributed by atoms with Gasteiger partial charge in [0, 0.05) is 54.4 Å². The Bertz CT molecular complexity index is 1570. The third-order valence-corrected chi connectivity index (χ3v) is 7.12. The van der Waals surface area contributed by atoms with E-state index in [1.807, 2.05) is 0 Å². The van der Waals surface area contributed by atoms with E-state index in [0.29, 0.717) is 40.3 Å². The molecule has 2 aromatic heterocycles. The summed E-state index contributed by atoms with van der Waals surface area (Å²) in [5.74, 6) is -6.58. The average Bonchev–Trinajstić information content (AvgIpc) is 3.34. The highest BCUT2D eigenvalue weighted by atomic mass is 35.5. The molecule has 2 aromatic carbocycles. The van der Waals surface area contributed by atoms with Gasteiger partial charge in [-0.2, -0.15) is 27.1 Å². The number of benzene rings is 2. The van der Waals surface area contributed by atoms with Gasteiger partial charge >= 0.3 is 12.1 Å². The number of carbonyl (C=O) groups is 1. The Hall–Kier alpha value is -3.35. The summed E-state index contributed by atoms with van der Waals surface area (Å²) in [4.78, 5) is 20.8. The van der Waals surface area contributed by atoms with Crippen LogP contribution in [0.1, 0.15) is 21.7 Å². The van der Waals surface area contributed by atoms with Gasteiger partial charge in [-0.1, -0.05) is 29.3 Å². The van der Waals surface area contributed by atoms with Crippen LogP contribution in [-0.4, -0.2) is 62.7 Å². The predicted octanol–water partition coefficient (Wildman–Crippen LogP) is 6.45. The van der Waals surface area contributed by atoms with E-state index in [4.69, 9.17) is 23.2 Å². The second-order valence-corrected chi connectivity index (χ2v) is 10.1. The van der Waals surface area contributed by atoms with E-state index in [2.05, 4.69) is 15.0 Å². The first-order valence-electron chi connectivity index (χ1n) is 11.9. The lowest BCUT2D eigenvalue weighted by Crippen LogP contribution is -2.48. The van der Waals surface area contributed by atoms with Crippen molar-refractivity contribution in [2.75, 3.05) is 26.2 Å². The zero-order chi connectivity index (χ0) is 28.8. The van der Waals surface area contributed by atoms with Gasteiger partial charge in [-0.25, -0.2) is 13.9 Å². The van der Waals surface area contributed by atoms with Crippen molar-refractivity contribution in [1.82, 2.24) is 24.4 Å². The second kappa shape index (κ2) is 10.6. The number of carbonyl (C=O) groups excluding carboxylic acids is 1. The first-order chi connectivity index (χ1) is 18.8. The number of piperazine rings is 1. The number of alkyl halides is 5. The van der Waals surface area contributed by atoms with E-state index in [-0.39, 0.29) is 35.7 Å². The molecule has 0 saturated carbocycles. The maximum Gasteiger partial charge on any atom is 0.459 e. The van der Waals surface area contributed by atoms with Crippen molar-refractivity contribution >= 4 is 34.8 Å². The maximum absolute atomic E-state index is 14.6. The van der Waals surface area contributed by atoms with Crippen LogP contribution in [-0.2, 0) is 12.5 Å². The minimum atomic E-state index is -5.94. The van der Waals surface area contributed by atoms with Crippen molar-refractivity contribution in [3.63, 3.8) is 0 Å². The smallest absolute Gasteiger partial charge is 0.335 e. The average molecular weight is 602 g/mol. The Kier molecular flexibility index (Phi) is 7.45. The van der Waals surface area contributed by atoms with Crippen LogP contribution in [0.25, 0.3) is 16.9 Å². The minimum absolute atomic E-state index is 0.106. The molecular weight excluding hydrogens is 583 g/mol. The molecule has 1 aliphatic heterocycles. The number of halogens is 8. The van der Waals surface area contributed by atoms with Gasteiger partial charge < -0.3 is 4.90 Å². The first-order valence-corrected chi connectivity index (χ1v) is 12.7. The Morgan fingerprint density at radius 1 is 0.900 bits per heavy atom. The fourth-order valence-electron chi connectivity index (χ4n) is 4.38. The molecule has 0 spiro atoms. The number of hydrogen-bond donors (Lipinski definition) is 0. The lowest BCUT2D eigenvalue weighted by Gasteiger charge is -2.34. The summed E-state index contributed by atoms with van der Waals surface area (Å²) in [6.45, 7) is 1.96. The summed E-state index contributed by atoms with van der Waals surface area (Å²) in [6, 6.07) is 11.2. The molecule has 14 heteroatoms. The molecule has 0 radical (unpaired) electrons. The summed E-state index contributed by atoms with van der Waals surface area (Å²) < 4.78 is 83.0. The van der Waals surface area contributed by atoms with Crippen molar-refractivity contribution in [3.05, 3.63) is 87.4 Å². The molecular formula is C26H19Cl2F6N5O. The van der Waals surface area contributed by atoms with Gasteiger partial charge in [0.1, 0.15) is 11.5 Å². The third kappa shape index (κ3) is 5.48. The van der Waals surface area contributed by atoms with Gasteiger partial charge in [0.15, 0.2) is 11.3 Å². The van der Waals surface area contributed by atoms with Crippen LogP contribution in [0.2, 0.25) is 10.0 Å². The molecule has 1 saturated heterocycles. The molecule has 40 heavy (non-hydrogen) atoms. The van der Waals surface area contributed by atoms with E-state index >= 15 is 0 Å². The van der Waals surface area contributed by atoms with Crippen molar-refractivity contribution in [2.45, 2.75) is 18.6 Å². The summed E-state index contributed by atoms with van der Waals surface area (Å²) in [5, 5.41) is 4.82. The zero-order valence-corrected chi connectivity index (χ0v) is 21.9. The maximum atomic E-state index is 14.6. The lowest BCUT2D eigenvalue weighted by molar-refractivity contribution is -0.291. The van der Waals surface area contributed by atoms with Gasteiger partial charge in [0.2, 0.25) is 0 Å². The fourth-order valence-corrected chi connectivity index (χ4v) is 4.85. The van der Waals surface area contributed by atoms with Crippen molar-refractivity contribution in [1.29, 1.82) is 0 Å².